The highest BCUT2D eigenvalue weighted by Crippen LogP contribution is 2.27. The van der Waals surface area contributed by atoms with E-state index < -0.39 is 0 Å². The molecule has 3 rings (SSSR count). The van der Waals surface area contributed by atoms with E-state index in [4.69, 9.17) is 5.73 Å². The molecule has 0 aromatic carbocycles. The van der Waals surface area contributed by atoms with Gasteiger partial charge in [0.05, 0.1) is 6.20 Å². The number of hydrogen-bond acceptors (Lipinski definition) is 5. The zero-order valence-electron chi connectivity index (χ0n) is 11.4. The van der Waals surface area contributed by atoms with Crippen molar-refractivity contribution in [2.45, 2.75) is 25.3 Å². The quantitative estimate of drug-likeness (QED) is 0.856. The third kappa shape index (κ3) is 2.04. The van der Waals surface area contributed by atoms with Crippen LogP contribution < -0.4 is 16.0 Å². The van der Waals surface area contributed by atoms with Gasteiger partial charge in [0.1, 0.15) is 11.9 Å². The second kappa shape index (κ2) is 4.99. The van der Waals surface area contributed by atoms with E-state index in [9.17, 15) is 4.79 Å². The Morgan fingerprint density at radius 3 is 3.10 bits per heavy atom. The van der Waals surface area contributed by atoms with Gasteiger partial charge in [0.2, 0.25) is 5.91 Å². The molecule has 3 N–H and O–H groups in total. The van der Waals surface area contributed by atoms with Crippen LogP contribution in [0.15, 0.2) is 18.6 Å². The van der Waals surface area contributed by atoms with Crippen molar-refractivity contribution < 1.29 is 4.79 Å². The van der Waals surface area contributed by atoms with Crippen LogP contribution in [0.1, 0.15) is 19.3 Å². The minimum atomic E-state index is -0.302. The smallest absolute Gasteiger partial charge is 0.240 e. The van der Waals surface area contributed by atoms with E-state index in [0.717, 1.165) is 37.3 Å². The predicted molar refractivity (Wildman–Crippen MR) is 76.7 cm³/mol. The number of hydrogen-bond donors (Lipinski definition) is 2. The molecule has 1 amide bonds. The monoisotopic (exact) mass is 274 g/mol. The second-order valence-electron chi connectivity index (χ2n) is 4.97. The molecule has 1 aliphatic heterocycles. The highest BCUT2D eigenvalue weighted by Gasteiger charge is 2.29. The molecule has 0 bridgehead atoms. The topological polar surface area (TPSA) is 88.5 Å². The number of nitrogens with two attached hydrogens (primary N) is 1. The Labute approximate surface area is 116 Å². The van der Waals surface area contributed by atoms with Gasteiger partial charge in [-0.3, -0.25) is 4.79 Å². The molecule has 7 heteroatoms. The lowest BCUT2D eigenvalue weighted by Gasteiger charge is -2.34. The molecular formula is C13H18N6O. The van der Waals surface area contributed by atoms with Gasteiger partial charge in [0.15, 0.2) is 11.5 Å². The summed E-state index contributed by atoms with van der Waals surface area (Å²) in [5.74, 6) is 1.15. The molecule has 2 aromatic heterocycles. The molecule has 2 aromatic rings. The summed E-state index contributed by atoms with van der Waals surface area (Å²) in [5.41, 5.74) is 6.28. The predicted octanol–water partition coefficient (Wildman–Crippen LogP) is 0.615. The van der Waals surface area contributed by atoms with Crippen molar-refractivity contribution in [3.8, 4) is 0 Å². The van der Waals surface area contributed by atoms with E-state index in [2.05, 4.69) is 15.3 Å². The molecule has 0 radical (unpaired) electrons. The fourth-order valence-electron chi connectivity index (χ4n) is 2.71. The third-order valence-electron chi connectivity index (χ3n) is 3.72. The molecule has 7 nitrogen and oxygen atoms in total. The summed E-state index contributed by atoms with van der Waals surface area (Å²) in [6, 6.07) is -0.302. The molecule has 1 saturated heterocycles. The number of primary amides is 1. The van der Waals surface area contributed by atoms with Crippen molar-refractivity contribution in [2.75, 3.05) is 23.8 Å². The lowest BCUT2D eigenvalue weighted by atomic mass is 10.0. The average Bonchev–Trinajstić information content (AvgIpc) is 2.94. The zero-order chi connectivity index (χ0) is 14.1. The Morgan fingerprint density at radius 1 is 1.50 bits per heavy atom. The highest BCUT2D eigenvalue weighted by molar-refractivity contribution is 5.85. The van der Waals surface area contributed by atoms with Crippen LogP contribution in [0.3, 0.4) is 0 Å². The van der Waals surface area contributed by atoms with Gasteiger partial charge < -0.3 is 20.4 Å². The standard InChI is InChI=1S/C13H18N6O/c1-15-10-8-18-7-5-16-12(18)13(17-10)19-6-3-2-4-9(19)11(14)20/h5,7-9,15H,2-4,6H2,1H3,(H2,14,20). The molecule has 0 saturated carbocycles. The van der Waals surface area contributed by atoms with Crippen LogP contribution in [0.4, 0.5) is 11.6 Å². The summed E-state index contributed by atoms with van der Waals surface area (Å²) in [6.07, 6.45) is 8.28. The Kier molecular flexibility index (Phi) is 3.17. The van der Waals surface area contributed by atoms with Gasteiger partial charge in [-0.15, -0.1) is 0 Å². The Morgan fingerprint density at radius 2 is 2.35 bits per heavy atom. The average molecular weight is 274 g/mol. The normalized spacial score (nSPS) is 19.2. The highest BCUT2D eigenvalue weighted by atomic mass is 16.1. The molecule has 1 unspecified atom stereocenters. The summed E-state index contributed by atoms with van der Waals surface area (Å²) in [4.78, 5) is 22.6. The van der Waals surface area contributed by atoms with E-state index >= 15 is 0 Å². The second-order valence-corrected chi connectivity index (χ2v) is 4.97. The van der Waals surface area contributed by atoms with Crippen LogP contribution in [-0.4, -0.2) is 39.9 Å². The lowest BCUT2D eigenvalue weighted by Crippen LogP contribution is -2.48. The number of amides is 1. The molecule has 0 aliphatic carbocycles. The van der Waals surface area contributed by atoms with Crippen molar-refractivity contribution in [1.29, 1.82) is 0 Å². The Balaban J connectivity index is 2.11. The number of carbonyl (C=O) groups is 1. The maximum Gasteiger partial charge on any atom is 0.240 e. The fraction of sp³-hybridized carbons (Fsp3) is 0.462. The van der Waals surface area contributed by atoms with Gasteiger partial charge >= 0.3 is 0 Å². The molecule has 1 aliphatic rings. The number of fused-ring (bicyclic) bond motifs is 1. The van der Waals surface area contributed by atoms with Crippen molar-refractivity contribution in [3.05, 3.63) is 18.6 Å². The van der Waals surface area contributed by atoms with Crippen molar-refractivity contribution in [3.63, 3.8) is 0 Å². The molecule has 1 fully saturated rings. The van der Waals surface area contributed by atoms with Crippen LogP contribution >= 0.6 is 0 Å². The van der Waals surface area contributed by atoms with Gasteiger partial charge in [0.25, 0.3) is 0 Å². The van der Waals surface area contributed by atoms with Crippen LogP contribution in [-0.2, 0) is 4.79 Å². The molecule has 20 heavy (non-hydrogen) atoms. The zero-order valence-corrected chi connectivity index (χ0v) is 11.4. The summed E-state index contributed by atoms with van der Waals surface area (Å²) >= 11 is 0. The van der Waals surface area contributed by atoms with Gasteiger partial charge in [-0.1, -0.05) is 0 Å². The molecule has 106 valence electrons. The number of carbonyl (C=O) groups excluding carboxylic acids is 1. The molecule has 1 atom stereocenters. The number of nitrogens with zero attached hydrogens (tertiary/aromatic N) is 4. The van der Waals surface area contributed by atoms with Crippen LogP contribution in [0.2, 0.25) is 0 Å². The number of anilines is 2. The van der Waals surface area contributed by atoms with E-state index in [1.54, 1.807) is 6.20 Å². The van der Waals surface area contributed by atoms with Gasteiger partial charge in [-0.2, -0.15) is 0 Å². The molecule has 3 heterocycles. The Bertz CT molecular complexity index is 637. The fourth-order valence-corrected chi connectivity index (χ4v) is 2.71. The van der Waals surface area contributed by atoms with E-state index in [-0.39, 0.29) is 11.9 Å². The van der Waals surface area contributed by atoms with Crippen molar-refractivity contribution in [2.24, 2.45) is 5.73 Å². The first-order valence-corrected chi connectivity index (χ1v) is 6.78. The summed E-state index contributed by atoms with van der Waals surface area (Å²) in [6.45, 7) is 0.774. The maximum atomic E-state index is 11.7. The van der Waals surface area contributed by atoms with E-state index in [1.165, 1.54) is 0 Å². The number of nitrogens with one attached hydrogen (secondary N) is 1. The minimum absolute atomic E-state index is 0.300. The van der Waals surface area contributed by atoms with Crippen LogP contribution in [0.5, 0.6) is 0 Å². The van der Waals surface area contributed by atoms with Gasteiger partial charge in [-0.25, -0.2) is 9.97 Å². The van der Waals surface area contributed by atoms with E-state index in [1.807, 2.05) is 28.7 Å². The van der Waals surface area contributed by atoms with Crippen LogP contribution in [0, 0.1) is 0 Å². The first-order chi connectivity index (χ1) is 9.70. The Hall–Kier alpha value is -2.31. The minimum Gasteiger partial charge on any atom is -0.372 e. The first-order valence-electron chi connectivity index (χ1n) is 6.78. The number of aromatic nitrogens is 3. The number of piperidine rings is 1. The van der Waals surface area contributed by atoms with Gasteiger partial charge in [-0.05, 0) is 19.3 Å². The number of rotatable bonds is 3. The van der Waals surface area contributed by atoms with Crippen molar-refractivity contribution in [1.82, 2.24) is 14.4 Å². The van der Waals surface area contributed by atoms with Crippen LogP contribution in [0.25, 0.3) is 5.65 Å². The van der Waals surface area contributed by atoms with E-state index in [0.29, 0.717) is 5.82 Å². The van der Waals surface area contributed by atoms with Gasteiger partial charge in [0, 0.05) is 26.0 Å². The first kappa shape index (κ1) is 12.7. The third-order valence-corrected chi connectivity index (χ3v) is 3.72. The number of imidazole rings is 1. The summed E-state index contributed by atoms with van der Waals surface area (Å²) < 4.78 is 1.90. The maximum absolute atomic E-state index is 11.7. The molecular weight excluding hydrogens is 256 g/mol. The largest absolute Gasteiger partial charge is 0.372 e. The lowest BCUT2D eigenvalue weighted by molar-refractivity contribution is -0.119. The van der Waals surface area contributed by atoms with Crippen molar-refractivity contribution >= 4 is 23.2 Å². The summed E-state index contributed by atoms with van der Waals surface area (Å²) in [7, 11) is 1.82. The molecule has 0 spiro atoms. The summed E-state index contributed by atoms with van der Waals surface area (Å²) in [5, 5.41) is 3.03. The SMILES string of the molecule is CNc1cn2ccnc2c(N2CCCCC2C(N)=O)n1.